The minimum absolute atomic E-state index is 0.00157. The lowest BCUT2D eigenvalue weighted by Crippen LogP contribution is -2.46. The van der Waals surface area contributed by atoms with Gasteiger partial charge in [0.15, 0.2) is 0 Å². The predicted octanol–water partition coefficient (Wildman–Crippen LogP) is 4.42. The third-order valence-electron chi connectivity index (χ3n) is 6.79. The highest BCUT2D eigenvalue weighted by Crippen LogP contribution is 2.41. The number of amides is 1. The zero-order valence-electron chi connectivity index (χ0n) is 17.8. The molecule has 32 heavy (non-hydrogen) atoms. The van der Waals surface area contributed by atoms with Gasteiger partial charge in [-0.3, -0.25) is 4.79 Å². The normalized spacial score (nSPS) is 19.7. The lowest BCUT2D eigenvalue weighted by Gasteiger charge is -2.33. The van der Waals surface area contributed by atoms with E-state index in [1.165, 1.54) is 22.1 Å². The lowest BCUT2D eigenvalue weighted by molar-refractivity contribution is -0.126. The fourth-order valence-electron chi connectivity index (χ4n) is 4.88. The monoisotopic (exact) mass is 495 g/mol. The van der Waals surface area contributed by atoms with Crippen molar-refractivity contribution in [1.82, 2.24) is 14.6 Å². The number of nitrogens with one attached hydrogen (secondary N) is 1. The summed E-state index contributed by atoms with van der Waals surface area (Å²) in [5.41, 5.74) is 1.16. The number of sulfonamides is 1. The quantitative estimate of drug-likeness (QED) is 0.601. The first-order chi connectivity index (χ1) is 15.3. The Bertz CT molecular complexity index is 1060. The minimum Gasteiger partial charge on any atom is -0.355 e. The number of benzene rings is 1. The van der Waals surface area contributed by atoms with Crippen molar-refractivity contribution < 1.29 is 13.2 Å². The summed E-state index contributed by atoms with van der Waals surface area (Å²) < 4.78 is 27.2. The molecule has 2 fully saturated rings. The zero-order valence-corrected chi connectivity index (χ0v) is 20.1. The van der Waals surface area contributed by atoms with E-state index in [2.05, 4.69) is 22.4 Å². The molecule has 0 unspecified atom stereocenters. The van der Waals surface area contributed by atoms with Gasteiger partial charge in [-0.15, -0.1) is 0 Å². The van der Waals surface area contributed by atoms with Gasteiger partial charge < -0.3 is 5.32 Å². The topological polar surface area (TPSA) is 79.4 Å². The Morgan fingerprint density at radius 2 is 1.75 bits per heavy atom. The average molecular weight is 496 g/mol. The van der Waals surface area contributed by atoms with Crippen LogP contribution in [0.4, 0.5) is 0 Å². The van der Waals surface area contributed by atoms with E-state index in [4.69, 9.17) is 23.2 Å². The van der Waals surface area contributed by atoms with Crippen LogP contribution in [0.1, 0.15) is 44.1 Å². The van der Waals surface area contributed by atoms with Gasteiger partial charge in [0.2, 0.25) is 15.9 Å². The second-order valence-electron chi connectivity index (χ2n) is 8.68. The molecule has 1 aromatic carbocycles. The molecule has 6 nitrogen and oxygen atoms in total. The first kappa shape index (κ1) is 23.5. The van der Waals surface area contributed by atoms with Crippen molar-refractivity contribution in [2.75, 3.05) is 19.6 Å². The average Bonchev–Trinajstić information content (AvgIpc) is 3.28. The van der Waals surface area contributed by atoms with Gasteiger partial charge in [0.05, 0.1) is 0 Å². The summed E-state index contributed by atoms with van der Waals surface area (Å²) in [6, 6.07) is 11.0. The molecule has 0 bridgehead atoms. The molecule has 0 radical (unpaired) electrons. The molecule has 1 saturated carbocycles. The standard InChI is InChI=1S/C23H27Cl2N3O3S/c24-19-7-5-18(6-8-19)23(11-1-2-12-23)16-27-22(29)17-9-14-28(15-10-17)32(30,31)20-4-3-13-26-21(20)25/h3-8,13,17H,1-2,9-12,14-16H2,(H,27,29). The van der Waals surface area contributed by atoms with Gasteiger partial charge in [-0.05, 0) is 55.5 Å². The molecule has 4 rings (SSSR count). The number of hydrogen-bond acceptors (Lipinski definition) is 4. The first-order valence-electron chi connectivity index (χ1n) is 11.0. The highest BCUT2D eigenvalue weighted by Gasteiger charge is 2.38. The predicted molar refractivity (Wildman–Crippen MR) is 125 cm³/mol. The molecule has 1 amide bonds. The number of piperidine rings is 1. The van der Waals surface area contributed by atoms with Crippen molar-refractivity contribution in [2.45, 2.75) is 48.8 Å². The molecule has 0 atom stereocenters. The Hall–Kier alpha value is -1.67. The van der Waals surface area contributed by atoms with Crippen LogP contribution in [0.2, 0.25) is 10.2 Å². The van der Waals surface area contributed by atoms with E-state index in [0.29, 0.717) is 24.4 Å². The SMILES string of the molecule is O=C(NCC1(c2ccc(Cl)cc2)CCCC1)C1CCN(S(=O)(=O)c2cccnc2Cl)CC1. The van der Waals surface area contributed by atoms with Gasteiger partial charge in [-0.1, -0.05) is 48.2 Å². The Morgan fingerprint density at radius 1 is 1.09 bits per heavy atom. The summed E-state index contributed by atoms with van der Waals surface area (Å²) in [7, 11) is -3.72. The second kappa shape index (κ2) is 9.67. The van der Waals surface area contributed by atoms with Crippen LogP contribution < -0.4 is 5.32 Å². The van der Waals surface area contributed by atoms with Gasteiger partial charge in [-0.2, -0.15) is 4.31 Å². The number of pyridine rings is 1. The molecule has 9 heteroatoms. The van der Waals surface area contributed by atoms with E-state index < -0.39 is 10.0 Å². The molecule has 2 aliphatic rings. The molecular formula is C23H27Cl2N3O3S. The Labute approximate surface area is 199 Å². The van der Waals surface area contributed by atoms with Gasteiger partial charge in [0, 0.05) is 42.2 Å². The van der Waals surface area contributed by atoms with Gasteiger partial charge in [0.1, 0.15) is 10.0 Å². The molecule has 172 valence electrons. The summed E-state index contributed by atoms with van der Waals surface area (Å²) in [4.78, 5) is 16.8. The van der Waals surface area contributed by atoms with Crippen LogP contribution in [0.25, 0.3) is 0 Å². The second-order valence-corrected chi connectivity index (χ2v) is 11.4. The molecule has 2 heterocycles. The molecule has 1 aliphatic heterocycles. The van der Waals surface area contributed by atoms with Crippen molar-refractivity contribution in [2.24, 2.45) is 5.92 Å². The number of halogens is 2. The van der Waals surface area contributed by atoms with Crippen LogP contribution in [0.5, 0.6) is 0 Å². The van der Waals surface area contributed by atoms with Gasteiger partial charge in [-0.25, -0.2) is 13.4 Å². The summed E-state index contributed by atoms with van der Waals surface area (Å²) in [5.74, 6) is -0.198. The number of rotatable bonds is 6. The van der Waals surface area contributed by atoms with Crippen molar-refractivity contribution in [3.05, 3.63) is 58.3 Å². The molecular weight excluding hydrogens is 469 g/mol. The third-order valence-corrected chi connectivity index (χ3v) is 9.38. The lowest BCUT2D eigenvalue weighted by atomic mass is 9.78. The third kappa shape index (κ3) is 4.81. The molecule has 1 aromatic heterocycles. The van der Waals surface area contributed by atoms with E-state index in [1.807, 2.05) is 12.1 Å². The van der Waals surface area contributed by atoms with Crippen LogP contribution in [-0.4, -0.2) is 43.2 Å². The smallest absolute Gasteiger partial charge is 0.246 e. The maximum Gasteiger partial charge on any atom is 0.246 e. The van der Waals surface area contributed by atoms with Crippen molar-refractivity contribution in [1.29, 1.82) is 0 Å². The summed E-state index contributed by atoms with van der Waals surface area (Å²) in [5, 5.41) is 3.85. The summed E-state index contributed by atoms with van der Waals surface area (Å²) in [6.07, 6.45) is 6.79. The largest absolute Gasteiger partial charge is 0.355 e. The first-order valence-corrected chi connectivity index (χ1v) is 13.2. The van der Waals surface area contributed by atoms with Crippen molar-refractivity contribution in [3.63, 3.8) is 0 Å². The maximum atomic E-state index is 12.9. The van der Waals surface area contributed by atoms with Crippen LogP contribution in [0.15, 0.2) is 47.5 Å². The fourth-order valence-corrected chi connectivity index (χ4v) is 6.91. The molecule has 1 aliphatic carbocycles. The van der Waals surface area contributed by atoms with Gasteiger partial charge in [0.25, 0.3) is 0 Å². The zero-order chi connectivity index (χ0) is 22.8. The number of nitrogens with zero attached hydrogens (tertiary/aromatic N) is 2. The molecule has 1 saturated heterocycles. The van der Waals surface area contributed by atoms with E-state index in [1.54, 1.807) is 6.07 Å². The number of aromatic nitrogens is 1. The summed E-state index contributed by atoms with van der Waals surface area (Å²) in [6.45, 7) is 1.17. The number of carbonyl (C=O) groups is 1. The van der Waals surface area contributed by atoms with E-state index in [0.717, 1.165) is 25.7 Å². The number of hydrogen-bond donors (Lipinski definition) is 1. The van der Waals surface area contributed by atoms with Crippen molar-refractivity contribution >= 4 is 39.1 Å². The van der Waals surface area contributed by atoms with Crippen LogP contribution in [0, 0.1) is 5.92 Å². The Balaban J connectivity index is 1.36. The molecule has 2 aromatic rings. The van der Waals surface area contributed by atoms with Gasteiger partial charge >= 0.3 is 0 Å². The summed E-state index contributed by atoms with van der Waals surface area (Å²) >= 11 is 12.1. The fraction of sp³-hybridized carbons (Fsp3) is 0.478. The van der Waals surface area contributed by atoms with E-state index in [-0.39, 0.29) is 40.4 Å². The van der Waals surface area contributed by atoms with Crippen LogP contribution >= 0.6 is 23.2 Å². The number of carbonyl (C=O) groups excluding carboxylic acids is 1. The Kier molecular flexibility index (Phi) is 7.10. The van der Waals surface area contributed by atoms with Crippen LogP contribution in [-0.2, 0) is 20.2 Å². The highest BCUT2D eigenvalue weighted by molar-refractivity contribution is 7.89. The van der Waals surface area contributed by atoms with Crippen LogP contribution in [0.3, 0.4) is 0 Å². The molecule has 1 N–H and O–H groups in total. The van der Waals surface area contributed by atoms with Crippen molar-refractivity contribution in [3.8, 4) is 0 Å². The van der Waals surface area contributed by atoms with E-state index in [9.17, 15) is 13.2 Å². The highest BCUT2D eigenvalue weighted by atomic mass is 35.5. The maximum absolute atomic E-state index is 12.9. The minimum atomic E-state index is -3.72. The molecule has 0 spiro atoms. The van der Waals surface area contributed by atoms with E-state index >= 15 is 0 Å². The Morgan fingerprint density at radius 3 is 2.38 bits per heavy atom.